The van der Waals surface area contributed by atoms with Crippen LogP contribution in [0.4, 0.5) is 5.69 Å². The second kappa shape index (κ2) is 4.33. The lowest BCUT2D eigenvalue weighted by molar-refractivity contribution is 0.727. The molecule has 12 heavy (non-hydrogen) atoms. The Morgan fingerprint density at radius 3 is 2.75 bits per heavy atom. The number of benzene rings is 1. The van der Waals surface area contributed by atoms with E-state index in [2.05, 4.69) is 12.2 Å². The first kappa shape index (κ1) is 9.36. The SMILES string of the molecule is CCNCc1cc(N)cc(Cl)c1. The van der Waals surface area contributed by atoms with Crippen LogP contribution in [0.2, 0.25) is 5.02 Å². The van der Waals surface area contributed by atoms with Gasteiger partial charge in [0.1, 0.15) is 0 Å². The molecule has 0 unspecified atom stereocenters. The smallest absolute Gasteiger partial charge is 0.0429 e. The van der Waals surface area contributed by atoms with Crippen LogP contribution in [0.25, 0.3) is 0 Å². The monoisotopic (exact) mass is 184 g/mol. The van der Waals surface area contributed by atoms with Gasteiger partial charge in [-0.15, -0.1) is 0 Å². The van der Waals surface area contributed by atoms with E-state index in [0.29, 0.717) is 5.02 Å². The average molecular weight is 185 g/mol. The molecule has 2 nitrogen and oxygen atoms in total. The van der Waals surface area contributed by atoms with Gasteiger partial charge in [0.2, 0.25) is 0 Å². The topological polar surface area (TPSA) is 38.0 Å². The third kappa shape index (κ3) is 2.72. The molecule has 0 fully saturated rings. The van der Waals surface area contributed by atoms with Gasteiger partial charge in [0.25, 0.3) is 0 Å². The summed E-state index contributed by atoms with van der Waals surface area (Å²) in [5.41, 5.74) is 7.46. The maximum absolute atomic E-state index is 5.82. The van der Waals surface area contributed by atoms with Crippen LogP contribution in [-0.2, 0) is 6.54 Å². The molecule has 1 aromatic rings. The summed E-state index contributed by atoms with van der Waals surface area (Å²) in [6, 6.07) is 5.59. The number of anilines is 1. The van der Waals surface area contributed by atoms with E-state index in [9.17, 15) is 0 Å². The van der Waals surface area contributed by atoms with Gasteiger partial charge in [-0.25, -0.2) is 0 Å². The van der Waals surface area contributed by atoms with Crippen LogP contribution in [0.5, 0.6) is 0 Å². The first-order chi connectivity index (χ1) is 5.72. The van der Waals surface area contributed by atoms with Crippen LogP contribution in [-0.4, -0.2) is 6.54 Å². The van der Waals surface area contributed by atoms with E-state index in [1.54, 1.807) is 6.07 Å². The van der Waals surface area contributed by atoms with Crippen molar-refractivity contribution in [2.45, 2.75) is 13.5 Å². The van der Waals surface area contributed by atoms with Crippen molar-refractivity contribution in [2.75, 3.05) is 12.3 Å². The lowest BCUT2D eigenvalue weighted by atomic mass is 10.2. The predicted octanol–water partition coefficient (Wildman–Crippen LogP) is 2.03. The molecule has 66 valence electrons. The van der Waals surface area contributed by atoms with Gasteiger partial charge >= 0.3 is 0 Å². The molecular formula is C9H13ClN2. The Kier molecular flexibility index (Phi) is 3.38. The zero-order valence-electron chi connectivity index (χ0n) is 7.10. The largest absolute Gasteiger partial charge is 0.399 e. The minimum absolute atomic E-state index is 0.697. The molecule has 0 saturated heterocycles. The molecule has 3 N–H and O–H groups in total. The highest BCUT2D eigenvalue weighted by atomic mass is 35.5. The summed E-state index contributed by atoms with van der Waals surface area (Å²) < 4.78 is 0. The molecule has 0 spiro atoms. The number of hydrogen-bond acceptors (Lipinski definition) is 2. The summed E-state index contributed by atoms with van der Waals surface area (Å²) >= 11 is 5.82. The standard InChI is InChI=1S/C9H13ClN2/c1-2-12-6-7-3-8(10)5-9(11)4-7/h3-5,12H,2,6,11H2,1H3. The molecule has 0 saturated carbocycles. The van der Waals surface area contributed by atoms with Crippen LogP contribution in [0.3, 0.4) is 0 Å². The van der Waals surface area contributed by atoms with Crippen LogP contribution in [0, 0.1) is 0 Å². The third-order valence-electron chi connectivity index (χ3n) is 1.56. The Hall–Kier alpha value is -0.730. The Morgan fingerprint density at radius 2 is 2.17 bits per heavy atom. The number of nitrogens with two attached hydrogens (primary N) is 1. The fourth-order valence-corrected chi connectivity index (χ4v) is 1.31. The maximum atomic E-state index is 5.82. The fourth-order valence-electron chi connectivity index (χ4n) is 1.05. The van der Waals surface area contributed by atoms with Crippen molar-refractivity contribution in [1.82, 2.24) is 5.32 Å². The number of nitrogen functional groups attached to an aromatic ring is 1. The van der Waals surface area contributed by atoms with Gasteiger partial charge in [0, 0.05) is 17.3 Å². The van der Waals surface area contributed by atoms with Gasteiger partial charge in [0.15, 0.2) is 0 Å². The van der Waals surface area contributed by atoms with E-state index in [1.807, 2.05) is 12.1 Å². The van der Waals surface area contributed by atoms with Crippen molar-refractivity contribution in [2.24, 2.45) is 0 Å². The van der Waals surface area contributed by atoms with E-state index in [1.165, 1.54) is 0 Å². The molecular weight excluding hydrogens is 172 g/mol. The summed E-state index contributed by atoms with van der Waals surface area (Å²) in [6.45, 7) is 3.83. The van der Waals surface area contributed by atoms with Gasteiger partial charge in [-0.3, -0.25) is 0 Å². The van der Waals surface area contributed by atoms with Crippen molar-refractivity contribution in [3.05, 3.63) is 28.8 Å². The Morgan fingerprint density at radius 1 is 1.42 bits per heavy atom. The van der Waals surface area contributed by atoms with E-state index < -0.39 is 0 Å². The van der Waals surface area contributed by atoms with Crippen molar-refractivity contribution in [3.8, 4) is 0 Å². The first-order valence-electron chi connectivity index (χ1n) is 3.98. The average Bonchev–Trinajstić information content (AvgIpc) is 1.99. The second-order valence-corrected chi connectivity index (χ2v) is 3.11. The lowest BCUT2D eigenvalue weighted by Gasteiger charge is -2.03. The zero-order chi connectivity index (χ0) is 8.97. The molecule has 0 heterocycles. The zero-order valence-corrected chi connectivity index (χ0v) is 7.86. The molecule has 1 aromatic carbocycles. The molecule has 0 aliphatic carbocycles. The van der Waals surface area contributed by atoms with Crippen molar-refractivity contribution >= 4 is 17.3 Å². The fraction of sp³-hybridized carbons (Fsp3) is 0.333. The van der Waals surface area contributed by atoms with Gasteiger partial charge in [-0.1, -0.05) is 18.5 Å². The number of hydrogen-bond donors (Lipinski definition) is 2. The van der Waals surface area contributed by atoms with Gasteiger partial charge in [-0.05, 0) is 30.3 Å². The molecule has 0 aromatic heterocycles. The lowest BCUT2D eigenvalue weighted by Crippen LogP contribution is -2.11. The minimum Gasteiger partial charge on any atom is -0.399 e. The highest BCUT2D eigenvalue weighted by Gasteiger charge is 1.95. The van der Waals surface area contributed by atoms with Crippen molar-refractivity contribution < 1.29 is 0 Å². The number of rotatable bonds is 3. The normalized spacial score (nSPS) is 10.2. The molecule has 0 aliphatic rings. The quantitative estimate of drug-likeness (QED) is 0.706. The maximum Gasteiger partial charge on any atom is 0.0429 e. The number of nitrogens with one attached hydrogen (secondary N) is 1. The first-order valence-corrected chi connectivity index (χ1v) is 4.36. The Bertz CT molecular complexity index is 240. The highest BCUT2D eigenvalue weighted by molar-refractivity contribution is 6.30. The van der Waals surface area contributed by atoms with Gasteiger partial charge in [0.05, 0.1) is 0 Å². The second-order valence-electron chi connectivity index (χ2n) is 2.67. The summed E-state index contributed by atoms with van der Waals surface area (Å²) in [5, 5.41) is 3.90. The molecule has 0 atom stereocenters. The molecule has 3 heteroatoms. The summed E-state index contributed by atoms with van der Waals surface area (Å²) in [5.74, 6) is 0. The van der Waals surface area contributed by atoms with Crippen LogP contribution < -0.4 is 11.1 Å². The Labute approximate surface area is 77.7 Å². The molecule has 0 bridgehead atoms. The minimum atomic E-state index is 0.697. The molecule has 1 rings (SSSR count). The summed E-state index contributed by atoms with van der Waals surface area (Å²) in [4.78, 5) is 0. The summed E-state index contributed by atoms with van der Waals surface area (Å²) in [7, 11) is 0. The van der Waals surface area contributed by atoms with Crippen LogP contribution in [0.15, 0.2) is 18.2 Å². The van der Waals surface area contributed by atoms with Crippen LogP contribution in [0.1, 0.15) is 12.5 Å². The van der Waals surface area contributed by atoms with E-state index in [-0.39, 0.29) is 0 Å². The number of halogens is 1. The highest BCUT2D eigenvalue weighted by Crippen LogP contribution is 2.16. The van der Waals surface area contributed by atoms with Gasteiger partial charge in [-0.2, -0.15) is 0 Å². The van der Waals surface area contributed by atoms with E-state index in [0.717, 1.165) is 24.3 Å². The van der Waals surface area contributed by atoms with Crippen molar-refractivity contribution in [3.63, 3.8) is 0 Å². The molecule has 0 radical (unpaired) electrons. The van der Waals surface area contributed by atoms with Crippen molar-refractivity contribution in [1.29, 1.82) is 0 Å². The van der Waals surface area contributed by atoms with Gasteiger partial charge < -0.3 is 11.1 Å². The third-order valence-corrected chi connectivity index (χ3v) is 1.78. The van der Waals surface area contributed by atoms with E-state index in [4.69, 9.17) is 17.3 Å². The Balaban J connectivity index is 2.72. The summed E-state index contributed by atoms with van der Waals surface area (Å²) in [6.07, 6.45) is 0. The molecule has 0 amide bonds. The van der Waals surface area contributed by atoms with Crippen LogP contribution >= 0.6 is 11.6 Å². The molecule has 0 aliphatic heterocycles. The predicted molar refractivity (Wildman–Crippen MR) is 53.2 cm³/mol. The van der Waals surface area contributed by atoms with E-state index >= 15 is 0 Å².